The molecule has 0 rings (SSSR count). The molecule has 0 saturated carbocycles. The van der Waals surface area contributed by atoms with Gasteiger partial charge in [0, 0.05) is 6.54 Å². The zero-order chi connectivity index (χ0) is 8.15. The second kappa shape index (κ2) is 4.88. The van der Waals surface area contributed by atoms with E-state index in [2.05, 4.69) is 32.8 Å². The Labute approximate surface area is 67.1 Å². The SMILES string of the molecule is CC(C)C(CN(C)C)O[SiH3]. The van der Waals surface area contributed by atoms with E-state index in [1.54, 1.807) is 0 Å². The van der Waals surface area contributed by atoms with E-state index >= 15 is 0 Å². The third-order valence-electron chi connectivity index (χ3n) is 1.59. The maximum Gasteiger partial charge on any atom is 0.146 e. The van der Waals surface area contributed by atoms with Crippen molar-refractivity contribution in [2.75, 3.05) is 20.6 Å². The summed E-state index contributed by atoms with van der Waals surface area (Å²) in [6.45, 7) is 5.44. The number of hydrogen-bond donors (Lipinski definition) is 0. The lowest BCUT2D eigenvalue weighted by atomic mass is 10.1. The fourth-order valence-corrected chi connectivity index (χ4v) is 1.61. The molecule has 3 heteroatoms. The Morgan fingerprint density at radius 1 is 1.40 bits per heavy atom. The van der Waals surface area contributed by atoms with Crippen LogP contribution in [0.4, 0.5) is 0 Å². The van der Waals surface area contributed by atoms with Gasteiger partial charge in [0.05, 0.1) is 6.10 Å². The van der Waals surface area contributed by atoms with E-state index in [9.17, 15) is 0 Å². The van der Waals surface area contributed by atoms with Crippen LogP contribution in [0.2, 0.25) is 0 Å². The van der Waals surface area contributed by atoms with Gasteiger partial charge in [-0.2, -0.15) is 0 Å². The number of rotatable bonds is 4. The zero-order valence-electron chi connectivity index (χ0n) is 7.72. The summed E-state index contributed by atoms with van der Waals surface area (Å²) in [4.78, 5) is 2.17. The fourth-order valence-electron chi connectivity index (χ4n) is 0.917. The molecule has 0 aliphatic rings. The number of hydrogen-bond acceptors (Lipinski definition) is 2. The monoisotopic (exact) mass is 161 g/mol. The van der Waals surface area contributed by atoms with Crippen molar-refractivity contribution in [1.29, 1.82) is 0 Å². The molecule has 0 N–H and O–H groups in total. The first kappa shape index (κ1) is 10.1. The second-order valence-electron chi connectivity index (χ2n) is 3.28. The molecular formula is C7H19NOSi. The van der Waals surface area contributed by atoms with Crippen LogP contribution in [0.15, 0.2) is 0 Å². The summed E-state index contributed by atoms with van der Waals surface area (Å²) in [6, 6.07) is 0. The average Bonchev–Trinajstić information content (AvgIpc) is 1.81. The molecule has 0 saturated heterocycles. The van der Waals surface area contributed by atoms with Gasteiger partial charge in [-0.1, -0.05) is 13.8 Å². The smallest absolute Gasteiger partial charge is 0.146 e. The van der Waals surface area contributed by atoms with Crippen molar-refractivity contribution in [2.24, 2.45) is 5.92 Å². The summed E-state index contributed by atoms with van der Waals surface area (Å²) in [5, 5.41) is 0. The predicted molar refractivity (Wildman–Crippen MR) is 48.2 cm³/mol. The molecule has 1 atom stereocenters. The summed E-state index contributed by atoms with van der Waals surface area (Å²) in [6.07, 6.45) is 0.432. The predicted octanol–water partition coefficient (Wildman–Crippen LogP) is -0.130. The highest BCUT2D eigenvalue weighted by atomic mass is 28.2. The maximum absolute atomic E-state index is 5.42. The lowest BCUT2D eigenvalue weighted by Crippen LogP contribution is -2.31. The molecular weight excluding hydrogens is 142 g/mol. The van der Waals surface area contributed by atoms with Crippen LogP contribution in [-0.4, -0.2) is 42.1 Å². The minimum absolute atomic E-state index is 0.432. The van der Waals surface area contributed by atoms with E-state index < -0.39 is 0 Å². The van der Waals surface area contributed by atoms with E-state index in [-0.39, 0.29) is 0 Å². The third kappa shape index (κ3) is 4.03. The van der Waals surface area contributed by atoms with Crippen LogP contribution in [0.5, 0.6) is 0 Å². The van der Waals surface area contributed by atoms with Gasteiger partial charge in [0.15, 0.2) is 0 Å². The molecule has 2 nitrogen and oxygen atoms in total. The molecule has 0 aromatic heterocycles. The molecule has 0 spiro atoms. The van der Waals surface area contributed by atoms with Crippen molar-refractivity contribution >= 4 is 10.5 Å². The standard InChI is InChI=1S/C7H19NOSi/c1-6(2)7(9-10)5-8(3)4/h6-7H,5H2,1-4,10H3. The topological polar surface area (TPSA) is 12.5 Å². The Morgan fingerprint density at radius 2 is 1.90 bits per heavy atom. The van der Waals surface area contributed by atoms with Crippen LogP contribution in [0.1, 0.15) is 13.8 Å². The summed E-state index contributed by atoms with van der Waals surface area (Å²) < 4.78 is 5.42. The second-order valence-corrected chi connectivity index (χ2v) is 3.75. The van der Waals surface area contributed by atoms with Gasteiger partial charge in [-0.25, -0.2) is 0 Å². The molecule has 0 amide bonds. The number of nitrogens with zero attached hydrogens (tertiary/aromatic N) is 1. The highest BCUT2D eigenvalue weighted by molar-refractivity contribution is 5.98. The van der Waals surface area contributed by atoms with Crippen molar-refractivity contribution in [2.45, 2.75) is 20.0 Å². The molecule has 0 fully saturated rings. The summed E-state index contributed by atoms with van der Waals surface area (Å²) in [7, 11) is 5.01. The molecule has 0 aromatic carbocycles. The molecule has 62 valence electrons. The Balaban J connectivity index is 3.60. The first-order valence-corrected chi connectivity index (χ1v) is 4.57. The van der Waals surface area contributed by atoms with Gasteiger partial charge < -0.3 is 9.33 Å². The number of likely N-dealkylation sites (N-methyl/N-ethyl adjacent to an activating group) is 1. The first-order valence-electron chi connectivity index (χ1n) is 3.75. The van der Waals surface area contributed by atoms with Gasteiger partial charge in [-0.15, -0.1) is 0 Å². The molecule has 10 heavy (non-hydrogen) atoms. The molecule has 0 radical (unpaired) electrons. The van der Waals surface area contributed by atoms with Crippen molar-refractivity contribution in [3.05, 3.63) is 0 Å². The minimum atomic E-state index is 0.432. The minimum Gasteiger partial charge on any atom is -0.423 e. The molecule has 0 aromatic rings. The van der Waals surface area contributed by atoms with Crippen molar-refractivity contribution < 1.29 is 4.43 Å². The summed E-state index contributed by atoms with van der Waals surface area (Å²) >= 11 is 0. The van der Waals surface area contributed by atoms with Crippen molar-refractivity contribution in [3.63, 3.8) is 0 Å². The molecule has 0 heterocycles. The summed E-state index contributed by atoms with van der Waals surface area (Å²) in [5.41, 5.74) is 0. The maximum atomic E-state index is 5.42. The zero-order valence-corrected chi connectivity index (χ0v) is 9.72. The van der Waals surface area contributed by atoms with E-state index in [0.29, 0.717) is 12.0 Å². The average molecular weight is 161 g/mol. The molecule has 0 bridgehead atoms. The Bertz CT molecular complexity index is 85.7. The van der Waals surface area contributed by atoms with Gasteiger partial charge in [0.2, 0.25) is 0 Å². The van der Waals surface area contributed by atoms with Gasteiger partial charge in [-0.3, -0.25) is 0 Å². The van der Waals surface area contributed by atoms with E-state index in [4.69, 9.17) is 4.43 Å². The largest absolute Gasteiger partial charge is 0.423 e. The van der Waals surface area contributed by atoms with Crippen molar-refractivity contribution in [1.82, 2.24) is 4.90 Å². The van der Waals surface area contributed by atoms with Gasteiger partial charge in [0.25, 0.3) is 0 Å². The van der Waals surface area contributed by atoms with Gasteiger partial charge in [0.1, 0.15) is 10.5 Å². The Hall–Kier alpha value is 0.137. The van der Waals surface area contributed by atoms with Crippen LogP contribution in [-0.2, 0) is 4.43 Å². The van der Waals surface area contributed by atoms with Crippen LogP contribution in [0.25, 0.3) is 0 Å². The lowest BCUT2D eigenvalue weighted by Gasteiger charge is -2.23. The van der Waals surface area contributed by atoms with E-state index in [1.807, 2.05) is 0 Å². The Morgan fingerprint density at radius 3 is 2.00 bits per heavy atom. The van der Waals surface area contributed by atoms with Crippen molar-refractivity contribution in [3.8, 4) is 0 Å². The first-order chi connectivity index (χ1) is 4.57. The van der Waals surface area contributed by atoms with E-state index in [1.165, 1.54) is 0 Å². The normalized spacial score (nSPS) is 15.0. The van der Waals surface area contributed by atoms with Crippen LogP contribution in [0, 0.1) is 5.92 Å². The molecule has 0 aliphatic heterocycles. The third-order valence-corrected chi connectivity index (χ3v) is 2.20. The lowest BCUT2D eigenvalue weighted by molar-refractivity contribution is 0.129. The van der Waals surface area contributed by atoms with Crippen LogP contribution in [0.3, 0.4) is 0 Å². The summed E-state index contributed by atoms with van der Waals surface area (Å²) in [5.74, 6) is 0.639. The quantitative estimate of drug-likeness (QED) is 0.533. The molecule has 0 aliphatic carbocycles. The fraction of sp³-hybridized carbons (Fsp3) is 1.00. The highest BCUT2D eigenvalue weighted by Gasteiger charge is 2.11. The van der Waals surface area contributed by atoms with Gasteiger partial charge >= 0.3 is 0 Å². The van der Waals surface area contributed by atoms with Crippen LogP contribution >= 0.6 is 0 Å². The van der Waals surface area contributed by atoms with Gasteiger partial charge in [-0.05, 0) is 20.0 Å². The van der Waals surface area contributed by atoms with E-state index in [0.717, 1.165) is 17.0 Å². The highest BCUT2D eigenvalue weighted by Crippen LogP contribution is 2.04. The molecule has 1 unspecified atom stereocenters. The Kier molecular flexibility index (Phi) is 4.94. The van der Waals surface area contributed by atoms with Crippen LogP contribution < -0.4 is 0 Å².